The van der Waals surface area contributed by atoms with Gasteiger partial charge in [0.2, 0.25) is 0 Å². The molecule has 174 valence electrons. The first-order valence-corrected chi connectivity index (χ1v) is 12.3. The van der Waals surface area contributed by atoms with Crippen LogP contribution in [0, 0.1) is 13.8 Å². The number of carbonyl (C=O) groups excluding carboxylic acids is 1. The molecule has 0 saturated carbocycles. The number of aromatic nitrogens is 1. The number of nitrogens with one attached hydrogen (secondary N) is 2. The molecule has 2 aliphatic heterocycles. The zero-order valence-corrected chi connectivity index (χ0v) is 19.5. The number of para-hydroxylation sites is 1. The van der Waals surface area contributed by atoms with E-state index in [0.717, 1.165) is 18.4 Å². The molecular weight excluding hydrogens is 454 g/mol. The Morgan fingerprint density at radius 3 is 2.65 bits per heavy atom. The number of fused-ring (bicyclic) bond motifs is 2. The van der Waals surface area contributed by atoms with Crippen molar-refractivity contribution in [3.05, 3.63) is 76.1 Å². The van der Waals surface area contributed by atoms with Gasteiger partial charge in [-0.1, -0.05) is 18.2 Å². The number of aromatic amines is 1. The molecule has 0 fully saturated rings. The fourth-order valence-corrected chi connectivity index (χ4v) is 6.30. The largest absolute Gasteiger partial charge is 0.478 e. The number of hydrogen-bond acceptors (Lipinski definition) is 4. The number of sulfonamides is 1. The molecule has 2 aliphatic rings. The molecule has 1 amide bonds. The highest BCUT2D eigenvalue weighted by molar-refractivity contribution is 7.92. The second kappa shape index (κ2) is 7.88. The van der Waals surface area contributed by atoms with E-state index in [1.54, 1.807) is 26.0 Å². The van der Waals surface area contributed by atoms with Gasteiger partial charge in [-0.2, -0.15) is 0 Å². The Kier molecular flexibility index (Phi) is 5.09. The topological polar surface area (TPSA) is 120 Å². The lowest BCUT2D eigenvalue weighted by Crippen LogP contribution is -2.35. The van der Waals surface area contributed by atoms with Crippen LogP contribution in [0.25, 0.3) is 11.6 Å². The minimum atomic E-state index is -3.85. The molecule has 1 aromatic heterocycles. The average Bonchev–Trinajstić information content (AvgIpc) is 3.27. The van der Waals surface area contributed by atoms with Crippen molar-refractivity contribution in [1.82, 2.24) is 4.98 Å². The van der Waals surface area contributed by atoms with Crippen LogP contribution in [0.15, 0.2) is 47.4 Å². The highest BCUT2D eigenvalue weighted by Gasteiger charge is 2.32. The van der Waals surface area contributed by atoms with E-state index in [1.165, 1.54) is 16.4 Å². The number of benzene rings is 2. The van der Waals surface area contributed by atoms with Gasteiger partial charge < -0.3 is 15.4 Å². The summed E-state index contributed by atoms with van der Waals surface area (Å²) in [5.74, 6) is -1.43. The summed E-state index contributed by atoms with van der Waals surface area (Å²) < 4.78 is 28.6. The molecule has 3 aromatic rings. The molecule has 3 heterocycles. The predicted molar refractivity (Wildman–Crippen MR) is 129 cm³/mol. The highest BCUT2D eigenvalue weighted by Crippen LogP contribution is 2.38. The van der Waals surface area contributed by atoms with Crippen molar-refractivity contribution in [3.8, 4) is 0 Å². The molecule has 3 N–H and O–H groups in total. The smallest absolute Gasteiger partial charge is 0.337 e. The van der Waals surface area contributed by atoms with Crippen LogP contribution in [0.3, 0.4) is 0 Å². The fraction of sp³-hybridized carbons (Fsp3) is 0.200. The quantitative estimate of drug-likeness (QED) is 0.491. The molecule has 0 saturated heterocycles. The SMILES string of the molecule is Cc1[nH]c(/C=C2\C(=O)Nc3ccc(S(=O)(=O)N4CCCc5ccccc54)cc32)c(C)c1C(=O)O. The van der Waals surface area contributed by atoms with Gasteiger partial charge in [-0.05, 0) is 68.2 Å². The lowest BCUT2D eigenvalue weighted by molar-refractivity contribution is -0.110. The summed E-state index contributed by atoms with van der Waals surface area (Å²) in [6.45, 7) is 3.71. The van der Waals surface area contributed by atoms with Crippen molar-refractivity contribution in [3.63, 3.8) is 0 Å². The van der Waals surface area contributed by atoms with Crippen LogP contribution >= 0.6 is 0 Å². The maximum atomic E-state index is 13.6. The van der Waals surface area contributed by atoms with Gasteiger partial charge in [-0.15, -0.1) is 0 Å². The molecule has 0 bridgehead atoms. The van der Waals surface area contributed by atoms with Crippen LogP contribution in [0.1, 0.15) is 44.9 Å². The van der Waals surface area contributed by atoms with Gasteiger partial charge >= 0.3 is 5.97 Å². The van der Waals surface area contributed by atoms with Crippen LogP contribution < -0.4 is 9.62 Å². The first-order chi connectivity index (χ1) is 16.2. The monoisotopic (exact) mass is 477 g/mol. The standard InChI is InChI=1S/C25H23N3O5S/c1-14-21(26-15(2)23(14)25(30)31)13-19-18-12-17(9-10-20(18)27-24(19)29)34(32,33)28-11-5-7-16-6-3-4-8-22(16)28/h3-4,6,8-10,12-13,26H,5,7,11H2,1-2H3,(H,27,29)(H,30,31)/b19-13-. The molecule has 2 aromatic carbocycles. The van der Waals surface area contributed by atoms with Crippen molar-refractivity contribution in [2.24, 2.45) is 0 Å². The number of carboxylic acid groups (broad SMARTS) is 1. The van der Waals surface area contributed by atoms with Gasteiger partial charge in [0.1, 0.15) is 0 Å². The van der Waals surface area contributed by atoms with Gasteiger partial charge in [0.25, 0.3) is 15.9 Å². The molecular formula is C25H23N3O5S. The fourth-order valence-electron chi connectivity index (χ4n) is 4.73. The maximum absolute atomic E-state index is 13.6. The summed E-state index contributed by atoms with van der Waals surface area (Å²) >= 11 is 0. The summed E-state index contributed by atoms with van der Waals surface area (Å²) in [7, 11) is -3.85. The van der Waals surface area contributed by atoms with E-state index in [4.69, 9.17) is 0 Å². The van der Waals surface area contributed by atoms with E-state index in [2.05, 4.69) is 10.3 Å². The third-order valence-corrected chi connectivity index (χ3v) is 8.22. The van der Waals surface area contributed by atoms with Crippen LogP contribution in [-0.2, 0) is 21.2 Å². The number of carboxylic acids is 1. The van der Waals surface area contributed by atoms with Crippen LogP contribution in [0.2, 0.25) is 0 Å². The second-order valence-electron chi connectivity index (χ2n) is 8.50. The predicted octanol–water partition coefficient (Wildman–Crippen LogP) is 3.96. The van der Waals surface area contributed by atoms with E-state index in [-0.39, 0.29) is 21.9 Å². The number of aromatic carboxylic acids is 1. The van der Waals surface area contributed by atoms with E-state index in [1.807, 2.05) is 24.3 Å². The van der Waals surface area contributed by atoms with E-state index in [0.29, 0.717) is 40.4 Å². The summed E-state index contributed by atoms with van der Waals surface area (Å²) in [6.07, 6.45) is 3.12. The minimum absolute atomic E-state index is 0.0935. The molecule has 0 atom stereocenters. The molecule has 8 nitrogen and oxygen atoms in total. The Balaban J connectivity index is 1.59. The van der Waals surface area contributed by atoms with Gasteiger partial charge in [0, 0.05) is 29.2 Å². The molecule has 0 unspecified atom stereocenters. The number of nitrogens with zero attached hydrogens (tertiary/aromatic N) is 1. The summed E-state index contributed by atoms with van der Waals surface area (Å²) in [5.41, 5.74) is 4.54. The Bertz CT molecular complexity index is 1500. The van der Waals surface area contributed by atoms with Crippen molar-refractivity contribution in [2.75, 3.05) is 16.2 Å². The van der Waals surface area contributed by atoms with Crippen LogP contribution in [0.5, 0.6) is 0 Å². The molecule has 34 heavy (non-hydrogen) atoms. The number of carbonyl (C=O) groups is 2. The number of anilines is 2. The summed E-state index contributed by atoms with van der Waals surface area (Å²) in [4.78, 5) is 27.4. The van der Waals surface area contributed by atoms with E-state index in [9.17, 15) is 23.1 Å². The van der Waals surface area contributed by atoms with Gasteiger partial charge in [-0.3, -0.25) is 9.10 Å². The lowest BCUT2D eigenvalue weighted by atomic mass is 10.0. The third-order valence-electron chi connectivity index (χ3n) is 6.41. The van der Waals surface area contributed by atoms with Crippen molar-refractivity contribution < 1.29 is 23.1 Å². The Morgan fingerprint density at radius 2 is 1.91 bits per heavy atom. The van der Waals surface area contributed by atoms with Crippen molar-refractivity contribution in [1.29, 1.82) is 0 Å². The second-order valence-corrected chi connectivity index (χ2v) is 10.4. The van der Waals surface area contributed by atoms with E-state index >= 15 is 0 Å². The Hall–Kier alpha value is -3.85. The average molecular weight is 478 g/mol. The molecule has 0 radical (unpaired) electrons. The Labute approximate surface area is 197 Å². The first-order valence-electron chi connectivity index (χ1n) is 10.9. The van der Waals surface area contributed by atoms with Gasteiger partial charge in [0.05, 0.1) is 21.7 Å². The highest BCUT2D eigenvalue weighted by atomic mass is 32.2. The van der Waals surface area contributed by atoms with Crippen LogP contribution in [0.4, 0.5) is 11.4 Å². The molecule has 0 aliphatic carbocycles. The Morgan fingerprint density at radius 1 is 1.15 bits per heavy atom. The number of amides is 1. The minimum Gasteiger partial charge on any atom is -0.478 e. The first kappa shape index (κ1) is 22.0. The zero-order valence-electron chi connectivity index (χ0n) is 18.7. The normalized spacial score (nSPS) is 16.4. The molecule has 9 heteroatoms. The van der Waals surface area contributed by atoms with Crippen molar-refractivity contribution >= 4 is 44.9 Å². The van der Waals surface area contributed by atoms with Gasteiger partial charge in [-0.25, -0.2) is 13.2 Å². The number of hydrogen-bond donors (Lipinski definition) is 3. The van der Waals surface area contributed by atoms with Gasteiger partial charge in [0.15, 0.2) is 0 Å². The maximum Gasteiger partial charge on any atom is 0.337 e. The zero-order chi connectivity index (χ0) is 24.2. The number of H-pyrrole nitrogens is 1. The number of aryl methyl sites for hydroxylation is 2. The van der Waals surface area contributed by atoms with Crippen molar-refractivity contribution in [2.45, 2.75) is 31.6 Å². The summed E-state index contributed by atoms with van der Waals surface area (Å²) in [6, 6.07) is 12.1. The lowest BCUT2D eigenvalue weighted by Gasteiger charge is -2.30. The molecule has 5 rings (SSSR count). The molecule has 0 spiro atoms. The summed E-state index contributed by atoms with van der Waals surface area (Å²) in [5, 5.41) is 12.2. The number of rotatable bonds is 4. The van der Waals surface area contributed by atoms with E-state index < -0.39 is 16.0 Å². The van der Waals surface area contributed by atoms with Crippen LogP contribution in [-0.4, -0.2) is 36.9 Å². The third kappa shape index (κ3) is 3.40.